The summed E-state index contributed by atoms with van der Waals surface area (Å²) in [6.07, 6.45) is 0.729. The Morgan fingerprint density at radius 1 is 1.13 bits per heavy atom. The van der Waals surface area contributed by atoms with Gasteiger partial charge in [0, 0.05) is 12.2 Å². The van der Waals surface area contributed by atoms with E-state index >= 15 is 0 Å². The fraction of sp³-hybridized carbons (Fsp3) is 0.435. The number of hydrogen-bond donors (Lipinski definition) is 1. The maximum atomic E-state index is 11.9. The molecule has 0 amide bonds. The van der Waals surface area contributed by atoms with E-state index in [0.717, 1.165) is 34.2 Å². The molecule has 31 heavy (non-hydrogen) atoms. The van der Waals surface area contributed by atoms with Crippen LogP contribution in [0.2, 0.25) is 0 Å². The van der Waals surface area contributed by atoms with Crippen LogP contribution >= 0.6 is 0 Å². The summed E-state index contributed by atoms with van der Waals surface area (Å²) in [5.74, 6) is 0.328. The van der Waals surface area contributed by atoms with Crippen molar-refractivity contribution in [2.75, 3.05) is 12.4 Å². The van der Waals surface area contributed by atoms with Crippen molar-refractivity contribution in [3.63, 3.8) is 0 Å². The quantitative estimate of drug-likeness (QED) is 0.423. The monoisotopic (exact) mass is 456 g/mol. The van der Waals surface area contributed by atoms with Gasteiger partial charge in [0.15, 0.2) is 5.78 Å². The first-order valence-corrected chi connectivity index (χ1v) is 11.5. The van der Waals surface area contributed by atoms with Crippen molar-refractivity contribution in [1.82, 2.24) is 0 Å². The zero-order valence-corrected chi connectivity index (χ0v) is 21.7. The molecule has 2 aromatic rings. The molecule has 8 heteroatoms. The Hall–Kier alpha value is -1.38. The van der Waals surface area contributed by atoms with Gasteiger partial charge in [-0.2, -0.15) is 0 Å². The average Bonchev–Trinajstić information content (AvgIpc) is 2.63. The molecule has 0 aromatic heterocycles. The van der Waals surface area contributed by atoms with Gasteiger partial charge in [0.1, 0.15) is 18.1 Å². The molecule has 0 saturated heterocycles. The molecule has 0 unspecified atom stereocenters. The average molecular weight is 457 g/mol. The number of carbonyl (C=O) groups excluding carboxylic acids is 1. The first kappa shape index (κ1) is 27.7. The molecule has 0 aliphatic heterocycles. The number of phenols is 1. The molecule has 2 aromatic carbocycles. The second-order valence-electron chi connectivity index (χ2n) is 7.95. The summed E-state index contributed by atoms with van der Waals surface area (Å²) >= 11 is 0. The molecule has 0 radical (unpaired) electrons. The molecule has 0 saturated carbocycles. The van der Waals surface area contributed by atoms with Gasteiger partial charge in [-0.05, 0) is 78.6 Å². The van der Waals surface area contributed by atoms with E-state index < -0.39 is 15.9 Å². The Bertz CT molecular complexity index is 992. The van der Waals surface area contributed by atoms with Crippen molar-refractivity contribution in [3.8, 4) is 11.5 Å². The Morgan fingerprint density at radius 2 is 1.74 bits per heavy atom. The molecule has 6 nitrogen and oxygen atoms in total. The van der Waals surface area contributed by atoms with Gasteiger partial charge in [-0.15, -0.1) is 0 Å². The summed E-state index contributed by atoms with van der Waals surface area (Å²) in [7, 11) is -4.30. The maximum absolute atomic E-state index is 11.9. The van der Waals surface area contributed by atoms with Gasteiger partial charge in [0.05, 0.1) is 10.1 Å². The van der Waals surface area contributed by atoms with E-state index in [2.05, 4.69) is 0 Å². The zero-order valence-electron chi connectivity index (χ0n) is 18.9. The number of aryl methyl sites for hydroxylation is 2. The van der Waals surface area contributed by atoms with Crippen LogP contribution in [0.25, 0.3) is 0 Å². The maximum Gasteiger partial charge on any atom is 1.00 e. The summed E-state index contributed by atoms with van der Waals surface area (Å²) < 4.78 is 37.3. The third-order valence-corrected chi connectivity index (χ3v) is 5.80. The summed E-state index contributed by atoms with van der Waals surface area (Å²) in [5.41, 5.74) is 5.27. The minimum absolute atomic E-state index is 0. The molecular weight excluding hydrogens is 427 g/mol. The normalized spacial score (nSPS) is 11.3. The van der Waals surface area contributed by atoms with E-state index in [0.29, 0.717) is 11.5 Å². The molecule has 164 valence electrons. The van der Waals surface area contributed by atoms with Crippen LogP contribution in [0.15, 0.2) is 30.3 Å². The summed E-state index contributed by atoms with van der Waals surface area (Å²) in [5, 5.41) is 10.0. The SMILES string of the molecule is Cc1cc(OCC(=O)CCCS(=O)(=O)[O-])cc(C)c1Cc1ccc(O)c(C(C)C)c1.[Na+]. The van der Waals surface area contributed by atoms with E-state index in [1.165, 1.54) is 0 Å². The zero-order chi connectivity index (χ0) is 22.5. The molecule has 0 bridgehead atoms. The van der Waals surface area contributed by atoms with Crippen molar-refractivity contribution in [2.24, 2.45) is 0 Å². The third-order valence-electron chi connectivity index (χ3n) is 5.01. The summed E-state index contributed by atoms with van der Waals surface area (Å²) in [6, 6.07) is 9.44. The first-order chi connectivity index (χ1) is 14.0. The fourth-order valence-corrected chi connectivity index (χ4v) is 3.88. The van der Waals surface area contributed by atoms with E-state index in [9.17, 15) is 22.9 Å². The minimum Gasteiger partial charge on any atom is -0.748 e. The number of hydrogen-bond acceptors (Lipinski definition) is 6. The van der Waals surface area contributed by atoms with E-state index in [1.807, 2.05) is 52.0 Å². The third kappa shape index (κ3) is 8.94. The predicted molar refractivity (Wildman–Crippen MR) is 115 cm³/mol. The predicted octanol–water partition coefficient (Wildman–Crippen LogP) is 1.00. The first-order valence-electron chi connectivity index (χ1n) is 9.96. The largest absolute Gasteiger partial charge is 1.00 e. The number of Topliss-reactive ketones (excluding diaryl/α,β-unsaturated/α-hetero) is 1. The minimum atomic E-state index is -4.30. The number of benzene rings is 2. The Morgan fingerprint density at radius 3 is 2.29 bits per heavy atom. The van der Waals surface area contributed by atoms with Crippen molar-refractivity contribution >= 4 is 15.9 Å². The number of phenolic OH excluding ortho intramolecular Hbond substituents is 1. The molecule has 0 fully saturated rings. The van der Waals surface area contributed by atoms with Crippen LogP contribution in [0.5, 0.6) is 11.5 Å². The van der Waals surface area contributed by atoms with Crippen LogP contribution in [-0.2, 0) is 21.3 Å². The standard InChI is InChI=1S/C23H30O6S.Na/c1-15(2)21-12-18(7-8-23(21)25)13-22-16(3)10-20(11-17(22)4)29-14-19(24)6-5-9-30(26,27)28;/h7-8,10-12,15,25H,5-6,9,13-14H2,1-4H3,(H,26,27,28);/q;+1/p-1. The number of rotatable bonds is 10. The van der Waals surface area contributed by atoms with Crippen LogP contribution in [-0.4, -0.2) is 36.2 Å². The van der Waals surface area contributed by atoms with E-state index in [1.54, 1.807) is 6.07 Å². The van der Waals surface area contributed by atoms with E-state index in [4.69, 9.17) is 4.74 Å². The van der Waals surface area contributed by atoms with Gasteiger partial charge in [0.25, 0.3) is 0 Å². The summed E-state index contributed by atoms with van der Waals surface area (Å²) in [4.78, 5) is 11.9. The Labute approximate surface area is 207 Å². The molecule has 1 N–H and O–H groups in total. The Kier molecular flexibility index (Phi) is 10.7. The fourth-order valence-electron chi connectivity index (χ4n) is 3.38. The topological polar surface area (TPSA) is 104 Å². The second-order valence-corrected chi connectivity index (χ2v) is 9.48. The number of carbonyl (C=O) groups is 1. The van der Waals surface area contributed by atoms with Gasteiger partial charge < -0.3 is 14.4 Å². The second kappa shape index (κ2) is 12.0. The molecule has 0 aliphatic rings. The van der Waals surface area contributed by atoms with Gasteiger partial charge >= 0.3 is 29.6 Å². The van der Waals surface area contributed by atoms with Crippen molar-refractivity contribution in [2.45, 2.75) is 52.9 Å². The van der Waals surface area contributed by atoms with Gasteiger partial charge in [-0.1, -0.05) is 26.0 Å². The molecule has 0 atom stereocenters. The van der Waals surface area contributed by atoms with Gasteiger partial charge in [-0.25, -0.2) is 8.42 Å². The van der Waals surface area contributed by atoms with Crippen LogP contribution in [0.1, 0.15) is 60.4 Å². The number of ketones is 1. The number of ether oxygens (including phenoxy) is 1. The van der Waals surface area contributed by atoms with Crippen molar-refractivity contribution in [3.05, 3.63) is 58.1 Å². The van der Waals surface area contributed by atoms with Crippen LogP contribution in [0.3, 0.4) is 0 Å². The number of aromatic hydroxyl groups is 1. The van der Waals surface area contributed by atoms with Crippen molar-refractivity contribution < 1.29 is 57.2 Å². The molecule has 0 heterocycles. The van der Waals surface area contributed by atoms with Crippen LogP contribution in [0, 0.1) is 13.8 Å². The van der Waals surface area contributed by atoms with Crippen LogP contribution < -0.4 is 34.3 Å². The molecular formula is C23H29NaO6S. The van der Waals surface area contributed by atoms with Gasteiger partial charge in [0.2, 0.25) is 0 Å². The summed E-state index contributed by atoms with van der Waals surface area (Å²) in [6.45, 7) is 7.90. The Balaban J connectivity index is 0.00000480. The molecule has 0 aliphatic carbocycles. The van der Waals surface area contributed by atoms with Crippen LogP contribution in [0.4, 0.5) is 0 Å². The molecule has 2 rings (SSSR count). The molecule has 0 spiro atoms. The van der Waals surface area contributed by atoms with Crippen molar-refractivity contribution in [1.29, 1.82) is 0 Å². The smallest absolute Gasteiger partial charge is 0.748 e. The van der Waals surface area contributed by atoms with E-state index in [-0.39, 0.29) is 60.7 Å². The van der Waals surface area contributed by atoms with Gasteiger partial charge in [-0.3, -0.25) is 4.79 Å².